The number of benzene rings is 5. The zero-order valence-electron chi connectivity index (χ0n) is 19.2. The van der Waals surface area contributed by atoms with Crippen LogP contribution in [0, 0.1) is 0 Å². The molecule has 0 bridgehead atoms. The zero-order valence-corrected chi connectivity index (χ0v) is 19.2. The molecule has 35 heavy (non-hydrogen) atoms. The summed E-state index contributed by atoms with van der Waals surface area (Å²) in [6.07, 6.45) is -0.205. The summed E-state index contributed by atoms with van der Waals surface area (Å²) in [4.78, 5) is 0. The van der Waals surface area contributed by atoms with Gasteiger partial charge in [0.2, 0.25) is 0 Å². The van der Waals surface area contributed by atoms with Gasteiger partial charge < -0.3 is 9.15 Å². The number of hydrogen-bond acceptors (Lipinski definition) is 2. The first-order valence-electron chi connectivity index (χ1n) is 12.1. The van der Waals surface area contributed by atoms with Crippen molar-refractivity contribution in [1.82, 2.24) is 0 Å². The van der Waals surface area contributed by atoms with Gasteiger partial charge in [0, 0.05) is 5.39 Å². The third-order valence-corrected chi connectivity index (χ3v) is 7.34. The van der Waals surface area contributed by atoms with Crippen LogP contribution in [-0.4, -0.2) is 0 Å². The van der Waals surface area contributed by atoms with E-state index in [-0.39, 0.29) is 12.0 Å². The van der Waals surface area contributed by atoms with Gasteiger partial charge in [-0.1, -0.05) is 121 Å². The Labute approximate surface area is 204 Å². The van der Waals surface area contributed by atoms with Crippen molar-refractivity contribution in [2.24, 2.45) is 0 Å². The Balaban J connectivity index is 1.43. The zero-order chi connectivity index (χ0) is 23.2. The van der Waals surface area contributed by atoms with Crippen molar-refractivity contribution in [3.63, 3.8) is 0 Å². The molecule has 5 aromatic carbocycles. The van der Waals surface area contributed by atoms with Crippen LogP contribution in [0.1, 0.15) is 34.5 Å². The average molecular weight is 453 g/mol. The van der Waals surface area contributed by atoms with Gasteiger partial charge in [-0.25, -0.2) is 0 Å². The Kier molecular flexibility index (Phi) is 4.61. The van der Waals surface area contributed by atoms with Gasteiger partial charge in [-0.2, -0.15) is 0 Å². The van der Waals surface area contributed by atoms with Crippen LogP contribution in [-0.2, 0) is 10.3 Å². The molecule has 0 spiro atoms. The molecule has 2 atom stereocenters. The van der Waals surface area contributed by atoms with Crippen LogP contribution >= 0.6 is 0 Å². The molecule has 0 aliphatic carbocycles. The van der Waals surface area contributed by atoms with Crippen LogP contribution in [0.4, 0.5) is 0 Å². The van der Waals surface area contributed by atoms with Gasteiger partial charge in [-0.05, 0) is 39.6 Å². The first-order chi connectivity index (χ1) is 17.3. The van der Waals surface area contributed by atoms with E-state index in [1.807, 2.05) is 0 Å². The second kappa shape index (κ2) is 7.97. The van der Waals surface area contributed by atoms with Crippen LogP contribution < -0.4 is 0 Å². The normalized spacial score (nSPS) is 19.0. The van der Waals surface area contributed by atoms with Gasteiger partial charge in [0.1, 0.15) is 23.0 Å². The molecule has 0 unspecified atom stereocenters. The lowest BCUT2D eigenvalue weighted by atomic mass is 9.65. The highest BCUT2D eigenvalue weighted by atomic mass is 16.5. The Morgan fingerprint density at radius 2 is 1.14 bits per heavy atom. The minimum Gasteiger partial charge on any atom is -0.458 e. The van der Waals surface area contributed by atoms with Crippen molar-refractivity contribution in [3.8, 4) is 0 Å². The number of furan rings is 1. The van der Waals surface area contributed by atoms with Crippen molar-refractivity contribution in [2.75, 3.05) is 0 Å². The lowest BCUT2D eigenvalue weighted by Gasteiger charge is -2.55. The standard InChI is InChI=1S/C33H24O2/c1-4-13-24(14-5-1)31-32(30-22-28-27-19-11-10-12-23(27)20-21-29(28)34-30)35-33(31,25-15-6-2-7-16-25)26-17-8-3-9-18-26/h1-22,31-32H/t31-,32-/m1/s1. The number of ether oxygens (including phenoxy) is 1. The van der Waals surface area contributed by atoms with Gasteiger partial charge in [0.25, 0.3) is 0 Å². The Morgan fingerprint density at radius 3 is 1.83 bits per heavy atom. The van der Waals surface area contributed by atoms with Crippen LogP contribution in [0.15, 0.2) is 138 Å². The lowest BCUT2D eigenvalue weighted by molar-refractivity contribution is -0.222. The number of fused-ring (bicyclic) bond motifs is 3. The minimum atomic E-state index is -0.602. The molecular weight excluding hydrogens is 428 g/mol. The van der Waals surface area contributed by atoms with Gasteiger partial charge in [0.05, 0.1) is 5.92 Å². The molecule has 2 heteroatoms. The molecule has 1 fully saturated rings. The number of rotatable bonds is 4. The third-order valence-electron chi connectivity index (χ3n) is 7.34. The van der Waals surface area contributed by atoms with Gasteiger partial charge in [-0.3, -0.25) is 0 Å². The van der Waals surface area contributed by atoms with Crippen molar-refractivity contribution < 1.29 is 9.15 Å². The molecule has 1 aliphatic rings. The predicted octanol–water partition coefficient (Wildman–Crippen LogP) is 8.38. The highest BCUT2D eigenvalue weighted by Gasteiger charge is 2.59. The van der Waals surface area contributed by atoms with Crippen LogP contribution in [0.2, 0.25) is 0 Å². The smallest absolute Gasteiger partial charge is 0.135 e. The molecule has 0 amide bonds. The van der Waals surface area contributed by atoms with Gasteiger partial charge in [0.15, 0.2) is 0 Å². The lowest BCUT2D eigenvalue weighted by Crippen LogP contribution is -2.51. The fourth-order valence-electron chi connectivity index (χ4n) is 5.76. The van der Waals surface area contributed by atoms with Crippen molar-refractivity contribution in [3.05, 3.63) is 156 Å². The van der Waals surface area contributed by atoms with E-state index in [2.05, 4.69) is 133 Å². The maximum Gasteiger partial charge on any atom is 0.135 e. The molecule has 2 nitrogen and oxygen atoms in total. The summed E-state index contributed by atoms with van der Waals surface area (Å²) in [5.41, 5.74) is 3.83. The molecule has 1 aromatic heterocycles. The van der Waals surface area contributed by atoms with Crippen LogP contribution in [0.5, 0.6) is 0 Å². The third kappa shape index (κ3) is 3.07. The van der Waals surface area contributed by atoms with E-state index in [1.54, 1.807) is 0 Å². The SMILES string of the molecule is c1ccc([C@@H]2[C@@H](c3cc4c(ccc5ccccc54)o3)OC2(c2ccccc2)c2ccccc2)cc1. The van der Waals surface area contributed by atoms with E-state index in [1.165, 1.54) is 16.3 Å². The number of hydrogen-bond donors (Lipinski definition) is 0. The molecular formula is C33H24O2. The molecule has 1 saturated heterocycles. The van der Waals surface area contributed by atoms with E-state index >= 15 is 0 Å². The topological polar surface area (TPSA) is 22.4 Å². The highest BCUT2D eigenvalue weighted by Crippen LogP contribution is 2.63. The fourth-order valence-corrected chi connectivity index (χ4v) is 5.76. The van der Waals surface area contributed by atoms with Crippen LogP contribution in [0.3, 0.4) is 0 Å². The molecule has 1 aliphatic heterocycles. The summed E-state index contributed by atoms with van der Waals surface area (Å²) >= 11 is 0. The summed E-state index contributed by atoms with van der Waals surface area (Å²) < 4.78 is 13.5. The van der Waals surface area contributed by atoms with Gasteiger partial charge >= 0.3 is 0 Å². The van der Waals surface area contributed by atoms with Crippen molar-refractivity contribution in [2.45, 2.75) is 17.6 Å². The Morgan fingerprint density at radius 1 is 0.543 bits per heavy atom. The Bertz CT molecular complexity index is 1580. The fraction of sp³-hybridized carbons (Fsp3) is 0.0909. The molecule has 0 N–H and O–H groups in total. The summed E-state index contributed by atoms with van der Waals surface area (Å²) in [6.45, 7) is 0. The Hall–Kier alpha value is -4.14. The van der Waals surface area contributed by atoms with Crippen molar-refractivity contribution >= 4 is 21.7 Å². The van der Waals surface area contributed by atoms with E-state index in [4.69, 9.17) is 9.15 Å². The first kappa shape index (κ1) is 20.3. The maximum atomic E-state index is 7.00. The van der Waals surface area contributed by atoms with E-state index in [0.717, 1.165) is 27.9 Å². The molecule has 168 valence electrons. The van der Waals surface area contributed by atoms with Crippen molar-refractivity contribution in [1.29, 1.82) is 0 Å². The summed E-state index contributed by atoms with van der Waals surface area (Å²) in [5, 5.41) is 3.54. The first-order valence-corrected chi connectivity index (χ1v) is 12.1. The summed E-state index contributed by atoms with van der Waals surface area (Å²) in [6, 6.07) is 46.7. The van der Waals surface area contributed by atoms with E-state index < -0.39 is 5.60 Å². The molecule has 0 saturated carbocycles. The minimum absolute atomic E-state index is 0.0559. The van der Waals surface area contributed by atoms with Crippen LogP contribution in [0.25, 0.3) is 21.7 Å². The van der Waals surface area contributed by atoms with Gasteiger partial charge in [-0.15, -0.1) is 0 Å². The maximum absolute atomic E-state index is 7.00. The largest absolute Gasteiger partial charge is 0.458 e. The average Bonchev–Trinajstić information content (AvgIpc) is 3.35. The molecule has 7 rings (SSSR count). The second-order valence-electron chi connectivity index (χ2n) is 9.24. The summed E-state index contributed by atoms with van der Waals surface area (Å²) in [7, 11) is 0. The molecule has 0 radical (unpaired) electrons. The monoisotopic (exact) mass is 452 g/mol. The molecule has 6 aromatic rings. The highest BCUT2D eigenvalue weighted by molar-refractivity contribution is 6.05. The molecule has 2 heterocycles. The second-order valence-corrected chi connectivity index (χ2v) is 9.24. The predicted molar refractivity (Wildman–Crippen MR) is 140 cm³/mol. The van der Waals surface area contributed by atoms with E-state index in [0.29, 0.717) is 0 Å². The van der Waals surface area contributed by atoms with E-state index in [9.17, 15) is 0 Å². The quantitative estimate of drug-likeness (QED) is 0.268. The summed E-state index contributed by atoms with van der Waals surface area (Å²) in [5.74, 6) is 0.924.